The fraction of sp³-hybridized carbons (Fsp3) is 0.174. The number of nitrogens with two attached hydrogens (primary N) is 1. The van der Waals surface area contributed by atoms with Crippen LogP contribution in [0.4, 0.5) is 0 Å². The zero-order valence-corrected chi connectivity index (χ0v) is 15.6. The van der Waals surface area contributed by atoms with Gasteiger partial charge in [-0.05, 0) is 53.4 Å². The Bertz CT molecular complexity index is 905. The van der Waals surface area contributed by atoms with Crippen LogP contribution in [0.3, 0.4) is 0 Å². The van der Waals surface area contributed by atoms with Gasteiger partial charge in [-0.15, -0.1) is 0 Å². The van der Waals surface area contributed by atoms with E-state index in [1.54, 1.807) is 13.2 Å². The highest BCUT2D eigenvalue weighted by molar-refractivity contribution is 5.93. The molecule has 1 atom stereocenters. The van der Waals surface area contributed by atoms with Gasteiger partial charge in [0.2, 0.25) is 5.91 Å². The van der Waals surface area contributed by atoms with Crippen molar-refractivity contribution in [2.24, 2.45) is 5.73 Å². The lowest BCUT2D eigenvalue weighted by atomic mass is 9.96. The molecule has 0 bridgehead atoms. The van der Waals surface area contributed by atoms with Crippen LogP contribution in [0.15, 0.2) is 72.8 Å². The van der Waals surface area contributed by atoms with E-state index < -0.39 is 5.91 Å². The highest BCUT2D eigenvalue weighted by Crippen LogP contribution is 2.26. The normalized spacial score (nSPS) is 11.8. The van der Waals surface area contributed by atoms with Crippen molar-refractivity contribution in [3.05, 3.63) is 89.5 Å². The number of benzene rings is 3. The fourth-order valence-corrected chi connectivity index (χ4v) is 3.07. The van der Waals surface area contributed by atoms with Gasteiger partial charge in [0.25, 0.3) is 0 Å². The Labute approximate surface area is 160 Å². The van der Waals surface area contributed by atoms with Crippen LogP contribution in [0.1, 0.15) is 34.5 Å². The van der Waals surface area contributed by atoms with Gasteiger partial charge in [-0.25, -0.2) is 0 Å². The van der Waals surface area contributed by atoms with Crippen molar-refractivity contribution in [3.8, 4) is 16.9 Å². The Kier molecular flexibility index (Phi) is 5.89. The minimum absolute atomic E-state index is 0.150. The molecule has 1 amide bonds. The Morgan fingerprint density at radius 1 is 1.04 bits per heavy atom. The molecule has 27 heavy (non-hydrogen) atoms. The molecule has 0 aliphatic rings. The number of nitrogens with one attached hydrogen (secondary N) is 1. The van der Waals surface area contributed by atoms with E-state index in [1.165, 1.54) is 5.56 Å². The molecule has 3 aromatic rings. The Hall–Kier alpha value is -3.11. The predicted molar refractivity (Wildman–Crippen MR) is 109 cm³/mol. The fourth-order valence-electron chi connectivity index (χ4n) is 3.07. The van der Waals surface area contributed by atoms with Gasteiger partial charge >= 0.3 is 0 Å². The summed E-state index contributed by atoms with van der Waals surface area (Å²) in [6.07, 6.45) is 0. The van der Waals surface area contributed by atoms with Gasteiger partial charge in [-0.2, -0.15) is 0 Å². The highest BCUT2D eigenvalue weighted by atomic mass is 16.5. The summed E-state index contributed by atoms with van der Waals surface area (Å²) in [4.78, 5) is 11.6. The number of amides is 1. The van der Waals surface area contributed by atoms with Crippen molar-refractivity contribution in [1.29, 1.82) is 0 Å². The second-order valence-corrected chi connectivity index (χ2v) is 6.48. The molecular weight excluding hydrogens is 336 g/mol. The first-order valence-corrected chi connectivity index (χ1v) is 8.94. The summed E-state index contributed by atoms with van der Waals surface area (Å²) in [5.74, 6) is 0.422. The molecule has 0 saturated carbocycles. The van der Waals surface area contributed by atoms with E-state index in [-0.39, 0.29) is 6.04 Å². The predicted octanol–water partition coefficient (Wildman–Crippen LogP) is 4.31. The van der Waals surface area contributed by atoms with E-state index in [1.807, 2.05) is 42.5 Å². The topological polar surface area (TPSA) is 64.3 Å². The maximum atomic E-state index is 11.6. The summed E-state index contributed by atoms with van der Waals surface area (Å²) in [5, 5.41) is 3.54. The zero-order valence-electron chi connectivity index (χ0n) is 15.6. The van der Waals surface area contributed by atoms with Gasteiger partial charge in [0.05, 0.1) is 7.11 Å². The second kappa shape index (κ2) is 8.52. The van der Waals surface area contributed by atoms with Crippen molar-refractivity contribution in [3.63, 3.8) is 0 Å². The Morgan fingerprint density at radius 2 is 1.74 bits per heavy atom. The number of carbonyl (C=O) groups is 1. The standard InChI is InChI=1S/C23H24N2O2/c1-16(17-8-11-21(27-2)12-9-17)25-15-20-14-19(23(24)26)10-13-22(20)18-6-4-3-5-7-18/h3-14,16,25H,15H2,1-2H3,(H2,24,26). The van der Waals surface area contributed by atoms with Crippen molar-refractivity contribution in [1.82, 2.24) is 5.32 Å². The molecule has 3 aromatic carbocycles. The molecular formula is C23H24N2O2. The Balaban J connectivity index is 1.83. The van der Waals surface area contributed by atoms with Crippen LogP contribution < -0.4 is 15.8 Å². The van der Waals surface area contributed by atoms with Crippen molar-refractivity contribution >= 4 is 5.91 Å². The Morgan fingerprint density at radius 3 is 2.37 bits per heavy atom. The van der Waals surface area contributed by atoms with Gasteiger partial charge in [-0.1, -0.05) is 48.5 Å². The first-order chi connectivity index (χ1) is 13.1. The van der Waals surface area contributed by atoms with Gasteiger partial charge in [0, 0.05) is 18.2 Å². The highest BCUT2D eigenvalue weighted by Gasteiger charge is 2.11. The van der Waals surface area contributed by atoms with Crippen molar-refractivity contribution in [2.75, 3.05) is 7.11 Å². The molecule has 0 saturated heterocycles. The maximum Gasteiger partial charge on any atom is 0.248 e. The molecule has 4 heteroatoms. The van der Waals surface area contributed by atoms with Crippen LogP contribution in [0.25, 0.3) is 11.1 Å². The van der Waals surface area contributed by atoms with E-state index in [0.29, 0.717) is 12.1 Å². The SMILES string of the molecule is COc1ccc(C(C)NCc2cc(C(N)=O)ccc2-c2ccccc2)cc1. The smallest absolute Gasteiger partial charge is 0.248 e. The summed E-state index contributed by atoms with van der Waals surface area (Å²) >= 11 is 0. The third-order valence-electron chi connectivity index (χ3n) is 4.69. The minimum atomic E-state index is -0.418. The third kappa shape index (κ3) is 4.54. The molecule has 4 nitrogen and oxygen atoms in total. The zero-order chi connectivity index (χ0) is 19.2. The summed E-state index contributed by atoms with van der Waals surface area (Å²) in [6.45, 7) is 2.74. The van der Waals surface area contributed by atoms with Crippen LogP contribution in [-0.2, 0) is 6.54 Å². The van der Waals surface area contributed by atoms with E-state index in [2.05, 4.69) is 36.5 Å². The largest absolute Gasteiger partial charge is 0.497 e. The van der Waals surface area contributed by atoms with E-state index >= 15 is 0 Å². The molecule has 0 aromatic heterocycles. The number of primary amides is 1. The van der Waals surface area contributed by atoms with Gasteiger partial charge < -0.3 is 15.8 Å². The first kappa shape index (κ1) is 18.7. The van der Waals surface area contributed by atoms with Crippen LogP contribution in [-0.4, -0.2) is 13.0 Å². The molecule has 0 spiro atoms. The molecule has 138 valence electrons. The quantitative estimate of drug-likeness (QED) is 0.660. The van der Waals surface area contributed by atoms with Gasteiger partial charge in [-0.3, -0.25) is 4.79 Å². The average Bonchev–Trinajstić information content (AvgIpc) is 2.72. The molecule has 0 aliphatic carbocycles. The van der Waals surface area contributed by atoms with E-state index in [0.717, 1.165) is 22.4 Å². The van der Waals surface area contributed by atoms with Gasteiger partial charge in [0.1, 0.15) is 5.75 Å². The van der Waals surface area contributed by atoms with E-state index in [4.69, 9.17) is 10.5 Å². The van der Waals surface area contributed by atoms with Gasteiger partial charge in [0.15, 0.2) is 0 Å². The number of rotatable bonds is 7. The lowest BCUT2D eigenvalue weighted by molar-refractivity contribution is 0.1000. The molecule has 3 rings (SSSR count). The number of methoxy groups -OCH3 is 1. The number of hydrogen-bond acceptors (Lipinski definition) is 3. The lowest BCUT2D eigenvalue weighted by Crippen LogP contribution is -2.19. The number of carbonyl (C=O) groups excluding carboxylic acids is 1. The molecule has 0 heterocycles. The summed E-state index contributed by atoms with van der Waals surface area (Å²) < 4.78 is 5.21. The van der Waals surface area contributed by atoms with Crippen LogP contribution in [0.5, 0.6) is 5.75 Å². The van der Waals surface area contributed by atoms with Crippen molar-refractivity contribution in [2.45, 2.75) is 19.5 Å². The summed E-state index contributed by atoms with van der Waals surface area (Å²) in [6, 6.07) is 23.9. The first-order valence-electron chi connectivity index (χ1n) is 8.94. The molecule has 0 aliphatic heterocycles. The summed E-state index contributed by atoms with van der Waals surface area (Å²) in [5.41, 5.74) is 10.4. The molecule has 0 radical (unpaired) electrons. The number of ether oxygens (including phenoxy) is 1. The maximum absolute atomic E-state index is 11.6. The minimum Gasteiger partial charge on any atom is -0.497 e. The number of hydrogen-bond donors (Lipinski definition) is 2. The van der Waals surface area contributed by atoms with Crippen LogP contribution >= 0.6 is 0 Å². The van der Waals surface area contributed by atoms with Crippen LogP contribution in [0.2, 0.25) is 0 Å². The summed E-state index contributed by atoms with van der Waals surface area (Å²) in [7, 11) is 1.66. The molecule has 1 unspecified atom stereocenters. The molecule has 0 fully saturated rings. The molecule has 3 N–H and O–H groups in total. The third-order valence-corrected chi connectivity index (χ3v) is 4.69. The van der Waals surface area contributed by atoms with E-state index in [9.17, 15) is 4.79 Å². The lowest BCUT2D eigenvalue weighted by Gasteiger charge is -2.17. The van der Waals surface area contributed by atoms with Crippen molar-refractivity contribution < 1.29 is 9.53 Å². The average molecular weight is 360 g/mol. The second-order valence-electron chi connectivity index (χ2n) is 6.48. The van der Waals surface area contributed by atoms with Crippen LogP contribution in [0, 0.1) is 0 Å². The monoisotopic (exact) mass is 360 g/mol.